The monoisotopic (exact) mass is 425 g/mol. The van der Waals surface area contributed by atoms with Crippen molar-refractivity contribution in [3.63, 3.8) is 0 Å². The van der Waals surface area contributed by atoms with E-state index in [2.05, 4.69) is 25.1 Å². The Morgan fingerprint density at radius 3 is 2.73 bits per heavy atom. The largest absolute Gasteiger partial charge is 0.494 e. The molecule has 1 fully saturated rings. The fourth-order valence-electron chi connectivity index (χ4n) is 4.05. The van der Waals surface area contributed by atoms with Crippen LogP contribution >= 0.6 is 12.2 Å². The average Bonchev–Trinajstić information content (AvgIpc) is 3.05. The molecule has 2 N–H and O–H groups in total. The van der Waals surface area contributed by atoms with Gasteiger partial charge in [0.2, 0.25) is 4.77 Å². The third kappa shape index (κ3) is 4.48. The molecule has 6 nitrogen and oxygen atoms in total. The molecule has 30 heavy (non-hydrogen) atoms. The molecular formula is C23H29N4O2S+. The predicted molar refractivity (Wildman–Crippen MR) is 120 cm³/mol. The Balaban J connectivity index is 1.76. The number of benzene rings is 2. The van der Waals surface area contributed by atoms with E-state index in [4.69, 9.17) is 22.1 Å². The van der Waals surface area contributed by atoms with E-state index in [1.54, 1.807) is 0 Å². The van der Waals surface area contributed by atoms with E-state index in [1.165, 1.54) is 10.5 Å². The van der Waals surface area contributed by atoms with Crippen molar-refractivity contribution in [1.82, 2.24) is 14.3 Å². The highest BCUT2D eigenvalue weighted by atomic mass is 32.1. The fraction of sp³-hybridized carbons (Fsp3) is 0.391. The number of nitrogens with one attached hydrogen (secondary N) is 1. The van der Waals surface area contributed by atoms with Crippen LogP contribution in [0, 0.1) is 11.7 Å². The lowest BCUT2D eigenvalue weighted by molar-refractivity contribution is -0.931. The first-order valence-corrected chi connectivity index (χ1v) is 11.0. The molecule has 158 valence electrons. The molecule has 3 aromatic rings. The van der Waals surface area contributed by atoms with Gasteiger partial charge in [0, 0.05) is 5.56 Å². The first kappa shape index (κ1) is 20.8. The van der Waals surface area contributed by atoms with Crippen molar-refractivity contribution in [2.75, 3.05) is 19.7 Å². The van der Waals surface area contributed by atoms with Gasteiger partial charge in [-0.1, -0.05) is 23.8 Å². The number of rotatable bonds is 6. The van der Waals surface area contributed by atoms with Gasteiger partial charge in [-0.3, -0.25) is 4.57 Å². The minimum absolute atomic E-state index is 0.243. The summed E-state index contributed by atoms with van der Waals surface area (Å²) in [6.07, 6.45) is 1.66. The molecule has 2 aromatic carbocycles. The van der Waals surface area contributed by atoms with Crippen molar-refractivity contribution in [1.29, 1.82) is 0 Å². The molecule has 1 aliphatic rings. The van der Waals surface area contributed by atoms with Gasteiger partial charge in [0.05, 0.1) is 18.8 Å². The Hall–Kier alpha value is -2.48. The molecule has 0 aliphatic carbocycles. The summed E-state index contributed by atoms with van der Waals surface area (Å²) in [4.78, 5) is 1.30. The number of aromatic nitrogens is 3. The zero-order chi connectivity index (χ0) is 21.1. The van der Waals surface area contributed by atoms with Crippen LogP contribution in [-0.2, 0) is 6.67 Å². The Bertz CT molecular complexity index is 1060. The van der Waals surface area contributed by atoms with Gasteiger partial charge in [0.1, 0.15) is 18.4 Å². The van der Waals surface area contributed by atoms with Crippen molar-refractivity contribution in [2.24, 2.45) is 0 Å². The molecule has 0 radical (unpaired) electrons. The summed E-state index contributed by atoms with van der Waals surface area (Å²) in [7, 11) is 0. The van der Waals surface area contributed by atoms with Crippen LogP contribution in [0.1, 0.15) is 25.3 Å². The normalized spacial score (nSPS) is 19.0. The smallest absolute Gasteiger partial charge is 0.207 e. The summed E-state index contributed by atoms with van der Waals surface area (Å²) in [5.74, 6) is 1.66. The Morgan fingerprint density at radius 2 is 2.03 bits per heavy atom. The van der Waals surface area contributed by atoms with Crippen molar-refractivity contribution in [3.05, 3.63) is 58.9 Å². The summed E-state index contributed by atoms with van der Waals surface area (Å²) in [6, 6.07) is 16.3. The fourth-order valence-corrected chi connectivity index (χ4v) is 4.35. The molecule has 1 aliphatic heterocycles. The molecule has 0 bridgehead atoms. The van der Waals surface area contributed by atoms with Gasteiger partial charge in [-0.25, -0.2) is 0 Å². The van der Waals surface area contributed by atoms with Crippen LogP contribution in [0.3, 0.4) is 0 Å². The van der Waals surface area contributed by atoms with E-state index < -0.39 is 0 Å². The molecular weight excluding hydrogens is 396 g/mol. The molecule has 1 unspecified atom stereocenters. The quantitative estimate of drug-likeness (QED) is 0.597. The van der Waals surface area contributed by atoms with Gasteiger partial charge >= 0.3 is 0 Å². The van der Waals surface area contributed by atoms with Crippen molar-refractivity contribution in [3.8, 4) is 22.8 Å². The molecule has 1 aromatic heterocycles. The third-order valence-electron chi connectivity index (χ3n) is 5.49. The SMILES string of the molecule is CCOc1ccc(-n2c(-c3cccc(C)c3)nn(C[NH+]3CCC[C@H](O)C3)c2=S)cc1. The lowest BCUT2D eigenvalue weighted by atomic mass is 10.1. The van der Waals surface area contributed by atoms with Crippen LogP contribution in [0.2, 0.25) is 0 Å². The molecule has 2 atom stereocenters. The molecule has 1 saturated heterocycles. The number of likely N-dealkylation sites (tertiary alicyclic amines) is 1. The van der Waals surface area contributed by atoms with Gasteiger partial charge in [-0.05, 0) is 69.2 Å². The molecule has 4 rings (SSSR count). The number of nitrogens with zero attached hydrogens (tertiary/aromatic N) is 3. The Morgan fingerprint density at radius 1 is 1.23 bits per heavy atom. The number of piperidine rings is 1. The number of aliphatic hydroxyl groups excluding tert-OH is 1. The van der Waals surface area contributed by atoms with Crippen LogP contribution in [0.25, 0.3) is 17.1 Å². The summed E-state index contributed by atoms with van der Waals surface area (Å²) in [5.41, 5.74) is 3.17. The van der Waals surface area contributed by atoms with E-state index >= 15 is 0 Å². The van der Waals surface area contributed by atoms with E-state index in [0.29, 0.717) is 18.0 Å². The van der Waals surface area contributed by atoms with E-state index in [-0.39, 0.29) is 6.10 Å². The highest BCUT2D eigenvalue weighted by molar-refractivity contribution is 7.71. The van der Waals surface area contributed by atoms with Gasteiger partial charge in [0.15, 0.2) is 12.5 Å². The second-order valence-electron chi connectivity index (χ2n) is 7.90. The van der Waals surface area contributed by atoms with E-state index in [1.807, 2.05) is 46.5 Å². The first-order valence-electron chi connectivity index (χ1n) is 10.6. The zero-order valence-electron chi connectivity index (χ0n) is 17.5. The van der Waals surface area contributed by atoms with Crippen LogP contribution < -0.4 is 9.64 Å². The predicted octanol–water partition coefficient (Wildman–Crippen LogP) is 2.77. The van der Waals surface area contributed by atoms with Crippen molar-refractivity contribution >= 4 is 12.2 Å². The second kappa shape index (κ2) is 9.12. The highest BCUT2D eigenvalue weighted by Crippen LogP contribution is 2.25. The molecule has 0 spiro atoms. The van der Waals surface area contributed by atoms with Crippen LogP contribution in [-0.4, -0.2) is 45.3 Å². The number of quaternary nitrogens is 1. The average molecular weight is 426 g/mol. The number of aryl methyl sites for hydroxylation is 1. The van der Waals surface area contributed by atoms with Gasteiger partial charge in [0.25, 0.3) is 0 Å². The topological polar surface area (TPSA) is 56.7 Å². The Labute approximate surface area is 182 Å². The summed E-state index contributed by atoms with van der Waals surface area (Å²) >= 11 is 5.87. The summed E-state index contributed by atoms with van der Waals surface area (Å²) in [5, 5.41) is 15.0. The van der Waals surface area contributed by atoms with E-state index in [0.717, 1.165) is 48.8 Å². The van der Waals surface area contributed by atoms with Gasteiger partial charge in [-0.15, -0.1) is 5.10 Å². The standard InChI is InChI=1S/C23H28N4O2S/c1-3-29-21-11-9-19(10-12-21)27-22(18-7-4-6-17(2)14-18)24-26(23(27)30)16-25-13-5-8-20(28)15-25/h4,6-7,9-12,14,20,28H,3,5,8,13,15-16H2,1-2H3/p+1/t20-/m0/s1. The zero-order valence-corrected chi connectivity index (χ0v) is 18.4. The minimum atomic E-state index is -0.243. The molecule has 2 heterocycles. The maximum atomic E-state index is 10.0. The van der Waals surface area contributed by atoms with E-state index in [9.17, 15) is 5.11 Å². The third-order valence-corrected chi connectivity index (χ3v) is 5.88. The molecule has 0 amide bonds. The number of hydrogen-bond acceptors (Lipinski definition) is 4. The number of hydrogen-bond donors (Lipinski definition) is 2. The van der Waals surface area contributed by atoms with Crippen molar-refractivity contribution in [2.45, 2.75) is 39.5 Å². The molecule has 7 heteroatoms. The maximum absolute atomic E-state index is 10.0. The minimum Gasteiger partial charge on any atom is -0.494 e. The first-order chi connectivity index (χ1) is 14.5. The highest BCUT2D eigenvalue weighted by Gasteiger charge is 2.23. The van der Waals surface area contributed by atoms with Crippen molar-refractivity contribution < 1.29 is 14.7 Å². The lowest BCUT2D eigenvalue weighted by Gasteiger charge is -2.26. The lowest BCUT2D eigenvalue weighted by Crippen LogP contribution is -3.13. The maximum Gasteiger partial charge on any atom is 0.207 e. The van der Waals surface area contributed by atoms with Crippen LogP contribution in [0.4, 0.5) is 0 Å². The number of aliphatic hydroxyl groups is 1. The van der Waals surface area contributed by atoms with Gasteiger partial charge in [-0.2, -0.15) is 4.68 Å². The second-order valence-corrected chi connectivity index (χ2v) is 8.26. The molecule has 0 saturated carbocycles. The van der Waals surface area contributed by atoms with Crippen LogP contribution in [0.5, 0.6) is 5.75 Å². The Kier molecular flexibility index (Phi) is 6.32. The summed E-state index contributed by atoms with van der Waals surface area (Å²) < 4.78 is 10.2. The summed E-state index contributed by atoms with van der Waals surface area (Å²) in [6.45, 7) is 7.10. The van der Waals surface area contributed by atoms with Gasteiger partial charge < -0.3 is 14.7 Å². The van der Waals surface area contributed by atoms with Crippen LogP contribution in [0.15, 0.2) is 48.5 Å². The number of ether oxygens (including phenoxy) is 1.